The fourth-order valence-corrected chi connectivity index (χ4v) is 10.4. The quantitative estimate of drug-likeness (QED) is 0.0276. The summed E-state index contributed by atoms with van der Waals surface area (Å²) in [6, 6.07) is 42.3. The molecule has 6 rings (SSSR count). The highest BCUT2D eigenvalue weighted by atomic mass is 31.2. The van der Waals surface area contributed by atoms with Crippen molar-refractivity contribution in [1.82, 2.24) is 15.0 Å². The minimum atomic E-state index is -1.90. The van der Waals surface area contributed by atoms with Crippen LogP contribution in [0.4, 0.5) is 10.1 Å². The van der Waals surface area contributed by atoms with Gasteiger partial charge in [0.05, 0.1) is 17.3 Å². The smallest absolute Gasteiger partial charge is 0.270 e. The minimum absolute atomic E-state index is 0.0122. The van der Waals surface area contributed by atoms with Crippen molar-refractivity contribution in [3.05, 3.63) is 178 Å². The molecular weight excluding hydrogens is 650 g/mol. The Bertz CT molecular complexity index is 1990. The Morgan fingerprint density at radius 3 is 2.06 bits per heavy atom. The molecule has 0 N–H and O–H groups in total. The third kappa shape index (κ3) is 8.08. The standard InChI is InChI=1S/C40H35FN4O4P/c41-38-28-32(39(46)23-21-31-13-12-14-34(27-31)45(47)48)22-24-40(38)49-30-33-29-44(43-42-33)25-10-11-26-50(35-15-4-1-5-16-35,36-17-6-2-7-18-36)37-19-8-3-9-20-37/h1-9,12-24,27-29H,10-11,25-26,30H2/q+1/b23-21+. The number of nitro groups is 1. The van der Waals surface area contributed by atoms with Gasteiger partial charge >= 0.3 is 0 Å². The number of aromatic nitrogens is 3. The summed E-state index contributed by atoms with van der Waals surface area (Å²) in [7, 11) is -1.90. The Kier molecular flexibility index (Phi) is 11.0. The molecule has 0 radical (unpaired) electrons. The van der Waals surface area contributed by atoms with Crippen LogP contribution in [0.15, 0.2) is 146 Å². The maximum Gasteiger partial charge on any atom is 0.270 e. The van der Waals surface area contributed by atoms with Gasteiger partial charge in [-0.2, -0.15) is 0 Å². The van der Waals surface area contributed by atoms with E-state index in [9.17, 15) is 19.3 Å². The van der Waals surface area contributed by atoms with Gasteiger partial charge in [0.1, 0.15) is 35.5 Å². The number of aryl methyl sites for hydroxylation is 1. The Hall–Kier alpha value is -5.79. The number of hydrogen-bond donors (Lipinski definition) is 0. The molecule has 0 bridgehead atoms. The van der Waals surface area contributed by atoms with Crippen molar-refractivity contribution in [3.8, 4) is 5.75 Å². The van der Waals surface area contributed by atoms with E-state index in [-0.39, 0.29) is 23.6 Å². The van der Waals surface area contributed by atoms with E-state index in [1.165, 1.54) is 58.4 Å². The summed E-state index contributed by atoms with van der Waals surface area (Å²) in [6.07, 6.45) is 7.40. The van der Waals surface area contributed by atoms with Gasteiger partial charge in [-0.25, -0.2) is 4.39 Å². The highest BCUT2D eigenvalue weighted by Gasteiger charge is 2.44. The lowest BCUT2D eigenvalue weighted by Gasteiger charge is -2.27. The van der Waals surface area contributed by atoms with Gasteiger partial charge < -0.3 is 4.74 Å². The fraction of sp³-hybridized carbons (Fsp3) is 0.125. The third-order valence-electron chi connectivity index (χ3n) is 8.41. The molecule has 0 atom stereocenters. The molecule has 0 amide bonds. The van der Waals surface area contributed by atoms with Gasteiger partial charge in [-0.3, -0.25) is 19.6 Å². The molecule has 0 unspecified atom stereocenters. The van der Waals surface area contributed by atoms with Crippen LogP contribution in [-0.2, 0) is 13.2 Å². The number of allylic oxidation sites excluding steroid dienone is 1. The van der Waals surface area contributed by atoms with E-state index < -0.39 is 23.8 Å². The average molecular weight is 686 g/mol. The molecule has 0 fully saturated rings. The molecule has 8 nitrogen and oxygen atoms in total. The molecule has 10 heteroatoms. The van der Waals surface area contributed by atoms with Crippen LogP contribution in [0, 0.1) is 15.9 Å². The van der Waals surface area contributed by atoms with Crippen LogP contribution < -0.4 is 20.7 Å². The van der Waals surface area contributed by atoms with Crippen LogP contribution in [0.2, 0.25) is 0 Å². The SMILES string of the molecule is O=C(/C=C/c1cccc([N+](=O)[O-])c1)c1ccc(OCc2cn(CCCC[P+](c3ccccc3)(c3ccccc3)c3ccccc3)nn2)c(F)c1. The molecule has 0 spiro atoms. The van der Waals surface area contributed by atoms with Crippen molar-refractivity contribution in [3.63, 3.8) is 0 Å². The second kappa shape index (κ2) is 16.1. The fourth-order valence-electron chi connectivity index (χ4n) is 5.95. The maximum absolute atomic E-state index is 14.9. The highest BCUT2D eigenvalue weighted by Crippen LogP contribution is 2.55. The van der Waals surface area contributed by atoms with Gasteiger partial charge in [0.2, 0.25) is 0 Å². The summed E-state index contributed by atoms with van der Waals surface area (Å²) in [4.78, 5) is 23.1. The first-order chi connectivity index (χ1) is 24.4. The van der Waals surface area contributed by atoms with Crippen LogP contribution in [0.3, 0.4) is 0 Å². The summed E-state index contributed by atoms with van der Waals surface area (Å²) in [6.45, 7) is 0.696. The largest absolute Gasteiger partial charge is 0.484 e. The van der Waals surface area contributed by atoms with Crippen LogP contribution in [0.25, 0.3) is 6.08 Å². The van der Waals surface area contributed by atoms with E-state index in [1.54, 1.807) is 10.7 Å². The lowest BCUT2D eigenvalue weighted by molar-refractivity contribution is -0.384. The van der Waals surface area contributed by atoms with Crippen LogP contribution in [0.5, 0.6) is 5.75 Å². The van der Waals surface area contributed by atoms with E-state index in [2.05, 4.69) is 101 Å². The number of ether oxygens (including phenoxy) is 1. The first-order valence-corrected chi connectivity index (χ1v) is 18.2. The summed E-state index contributed by atoms with van der Waals surface area (Å²) >= 11 is 0. The highest BCUT2D eigenvalue weighted by molar-refractivity contribution is 7.95. The molecule has 1 heterocycles. The summed E-state index contributed by atoms with van der Waals surface area (Å²) < 4.78 is 22.3. The molecule has 0 aliphatic heterocycles. The number of nitrogens with zero attached hydrogens (tertiary/aromatic N) is 4. The zero-order chi connectivity index (χ0) is 34.8. The van der Waals surface area contributed by atoms with Gasteiger partial charge in [0, 0.05) is 24.2 Å². The van der Waals surface area contributed by atoms with Crippen molar-refractivity contribution in [1.29, 1.82) is 0 Å². The zero-order valence-corrected chi connectivity index (χ0v) is 28.1. The number of carbonyl (C=O) groups excluding carboxylic acids is 1. The van der Waals surface area contributed by atoms with E-state index in [1.807, 2.05) is 6.20 Å². The predicted molar refractivity (Wildman–Crippen MR) is 196 cm³/mol. The zero-order valence-electron chi connectivity index (χ0n) is 27.2. The third-order valence-corrected chi connectivity index (χ3v) is 12.9. The molecule has 5 aromatic carbocycles. The Morgan fingerprint density at radius 1 is 0.820 bits per heavy atom. The van der Waals surface area contributed by atoms with Gasteiger partial charge in [0.25, 0.3) is 5.69 Å². The van der Waals surface area contributed by atoms with Crippen molar-refractivity contribution in [2.75, 3.05) is 6.16 Å². The topological polar surface area (TPSA) is 100 Å². The molecule has 6 aromatic rings. The lowest BCUT2D eigenvalue weighted by atomic mass is 10.1. The second-order valence-electron chi connectivity index (χ2n) is 11.7. The number of nitro benzene ring substituents is 1. The monoisotopic (exact) mass is 685 g/mol. The molecule has 0 saturated heterocycles. The van der Waals surface area contributed by atoms with Crippen LogP contribution in [0.1, 0.15) is 34.5 Å². The number of unbranched alkanes of at least 4 members (excludes halogenated alkanes) is 1. The second-order valence-corrected chi connectivity index (χ2v) is 15.3. The Labute approximate surface area is 290 Å². The summed E-state index contributed by atoms with van der Waals surface area (Å²) in [5.74, 6) is -1.14. The lowest BCUT2D eigenvalue weighted by Crippen LogP contribution is -2.33. The van der Waals surface area contributed by atoms with Gasteiger partial charge in [-0.1, -0.05) is 78.0 Å². The van der Waals surface area contributed by atoms with Crippen molar-refractivity contribution in [2.24, 2.45) is 0 Å². The van der Waals surface area contributed by atoms with Crippen molar-refractivity contribution < 1.29 is 18.8 Å². The number of halogens is 1. The number of carbonyl (C=O) groups is 1. The van der Waals surface area contributed by atoms with E-state index in [4.69, 9.17) is 4.74 Å². The Morgan fingerprint density at radius 2 is 1.46 bits per heavy atom. The summed E-state index contributed by atoms with van der Waals surface area (Å²) in [5.41, 5.74) is 1.09. The number of non-ortho nitro benzene ring substituents is 1. The molecule has 1 aromatic heterocycles. The first kappa shape index (κ1) is 34.1. The van der Waals surface area contributed by atoms with E-state index in [0.717, 1.165) is 25.1 Å². The summed E-state index contributed by atoms with van der Waals surface area (Å²) in [5, 5.41) is 23.6. The first-order valence-electron chi connectivity index (χ1n) is 16.3. The number of hydrogen-bond acceptors (Lipinski definition) is 6. The van der Waals surface area contributed by atoms with Crippen LogP contribution in [-0.4, -0.2) is 31.9 Å². The number of rotatable bonds is 15. The minimum Gasteiger partial charge on any atom is -0.484 e. The molecule has 0 aliphatic carbocycles. The predicted octanol–water partition coefficient (Wildman–Crippen LogP) is 7.57. The maximum atomic E-state index is 14.9. The number of benzene rings is 5. The molecule has 0 saturated carbocycles. The molecule has 250 valence electrons. The van der Waals surface area contributed by atoms with Gasteiger partial charge in [0.15, 0.2) is 17.3 Å². The van der Waals surface area contributed by atoms with E-state index >= 15 is 0 Å². The van der Waals surface area contributed by atoms with Gasteiger partial charge in [-0.15, -0.1) is 5.10 Å². The molecular formula is C40H35FN4O4P+. The van der Waals surface area contributed by atoms with Gasteiger partial charge in [-0.05, 0) is 79.1 Å². The molecule has 50 heavy (non-hydrogen) atoms. The molecule has 0 aliphatic rings. The Balaban J connectivity index is 1.06. The van der Waals surface area contributed by atoms with Crippen molar-refractivity contribution >= 4 is 40.7 Å². The van der Waals surface area contributed by atoms with E-state index in [0.29, 0.717) is 17.8 Å². The normalized spacial score (nSPS) is 11.5. The van der Waals surface area contributed by atoms with Crippen molar-refractivity contribution in [2.45, 2.75) is 26.0 Å². The van der Waals surface area contributed by atoms with Crippen LogP contribution >= 0.6 is 7.26 Å². The average Bonchev–Trinajstić information content (AvgIpc) is 3.62. The number of ketones is 1.